The van der Waals surface area contributed by atoms with Crippen molar-refractivity contribution in [1.82, 2.24) is 4.90 Å². The lowest BCUT2D eigenvalue weighted by atomic mass is 10.1. The number of rotatable bonds is 4. The van der Waals surface area contributed by atoms with Gasteiger partial charge in [-0.15, -0.1) is 0 Å². The zero-order chi connectivity index (χ0) is 12.3. The van der Waals surface area contributed by atoms with Crippen LogP contribution in [0.15, 0.2) is 28.7 Å². The van der Waals surface area contributed by atoms with E-state index < -0.39 is 0 Å². The van der Waals surface area contributed by atoms with Crippen molar-refractivity contribution in [2.75, 3.05) is 20.2 Å². The highest BCUT2D eigenvalue weighted by Crippen LogP contribution is 2.14. The number of benzene rings is 1. The summed E-state index contributed by atoms with van der Waals surface area (Å²) < 4.78 is 6.06. The van der Waals surface area contributed by atoms with Crippen molar-refractivity contribution >= 4 is 21.9 Å². The third-order valence-corrected chi connectivity index (χ3v) is 3.63. The van der Waals surface area contributed by atoms with Crippen molar-refractivity contribution < 1.29 is 9.53 Å². The molecule has 1 aromatic carbocycles. The van der Waals surface area contributed by atoms with Crippen molar-refractivity contribution in [3.8, 4) is 0 Å². The van der Waals surface area contributed by atoms with Gasteiger partial charge in [0.05, 0.1) is 6.61 Å². The number of likely N-dealkylation sites (N-methyl/N-ethyl adjacent to an activating group) is 1. The first kappa shape index (κ1) is 12.6. The van der Waals surface area contributed by atoms with Crippen LogP contribution in [0.5, 0.6) is 0 Å². The van der Waals surface area contributed by atoms with E-state index >= 15 is 0 Å². The van der Waals surface area contributed by atoms with Gasteiger partial charge in [-0.1, -0.05) is 28.1 Å². The first-order chi connectivity index (χ1) is 8.16. The quantitative estimate of drug-likeness (QED) is 0.798. The summed E-state index contributed by atoms with van der Waals surface area (Å²) in [5, 5.41) is 0. The fourth-order valence-corrected chi connectivity index (χ4v) is 2.26. The third-order valence-electron chi connectivity index (χ3n) is 3.11. The number of carbonyl (C=O) groups excluding carboxylic acids is 1. The molecule has 0 aliphatic carbocycles. The first-order valence-electron chi connectivity index (χ1n) is 5.78. The minimum atomic E-state index is -0.0803. The van der Waals surface area contributed by atoms with Crippen LogP contribution in [0, 0.1) is 0 Å². The van der Waals surface area contributed by atoms with Gasteiger partial charge in [0.15, 0.2) is 0 Å². The van der Waals surface area contributed by atoms with Gasteiger partial charge in [0.2, 0.25) is 0 Å². The van der Waals surface area contributed by atoms with Crippen LogP contribution in [0.4, 0.5) is 0 Å². The van der Waals surface area contributed by atoms with Gasteiger partial charge in [-0.3, -0.25) is 9.69 Å². The summed E-state index contributed by atoms with van der Waals surface area (Å²) in [7, 11) is 1.98. The Labute approximate surface area is 110 Å². The Morgan fingerprint density at radius 3 is 2.71 bits per heavy atom. The zero-order valence-corrected chi connectivity index (χ0v) is 11.4. The van der Waals surface area contributed by atoms with E-state index in [2.05, 4.69) is 33.0 Å². The van der Waals surface area contributed by atoms with Crippen LogP contribution in [0.2, 0.25) is 0 Å². The minimum absolute atomic E-state index is 0.0505. The molecule has 1 atom stereocenters. The molecule has 4 heteroatoms. The molecule has 0 spiro atoms. The summed E-state index contributed by atoms with van der Waals surface area (Å²) in [6.45, 7) is 1.44. The van der Waals surface area contributed by atoms with E-state index in [-0.39, 0.29) is 12.0 Å². The second-order valence-corrected chi connectivity index (χ2v) is 5.24. The highest BCUT2D eigenvalue weighted by molar-refractivity contribution is 9.10. The molecule has 0 saturated carbocycles. The zero-order valence-electron chi connectivity index (χ0n) is 9.86. The number of hydrogen-bond donors (Lipinski definition) is 0. The molecule has 0 aromatic heterocycles. The molecule has 0 N–H and O–H groups in total. The van der Waals surface area contributed by atoms with Crippen LogP contribution >= 0.6 is 15.9 Å². The molecule has 0 unspecified atom stereocenters. The van der Waals surface area contributed by atoms with Crippen molar-refractivity contribution in [2.45, 2.75) is 18.9 Å². The van der Waals surface area contributed by atoms with Gasteiger partial charge in [-0.25, -0.2) is 0 Å². The molecule has 0 bridgehead atoms. The van der Waals surface area contributed by atoms with Crippen LogP contribution < -0.4 is 0 Å². The van der Waals surface area contributed by atoms with E-state index in [1.807, 2.05) is 19.2 Å². The van der Waals surface area contributed by atoms with Crippen LogP contribution in [0.25, 0.3) is 0 Å². The van der Waals surface area contributed by atoms with E-state index in [4.69, 9.17) is 4.74 Å². The van der Waals surface area contributed by atoms with Crippen molar-refractivity contribution in [1.29, 1.82) is 0 Å². The Morgan fingerprint density at radius 1 is 1.41 bits per heavy atom. The molecule has 92 valence electrons. The largest absolute Gasteiger partial charge is 0.464 e. The molecule has 3 nitrogen and oxygen atoms in total. The van der Waals surface area contributed by atoms with Gasteiger partial charge in [0.25, 0.3) is 0 Å². The second-order valence-electron chi connectivity index (χ2n) is 4.33. The lowest BCUT2D eigenvalue weighted by Crippen LogP contribution is -2.36. The molecule has 0 radical (unpaired) electrons. The first-order valence-corrected chi connectivity index (χ1v) is 6.57. The minimum Gasteiger partial charge on any atom is -0.464 e. The van der Waals surface area contributed by atoms with E-state index in [0.717, 1.165) is 23.9 Å². The fraction of sp³-hybridized carbons (Fsp3) is 0.462. The number of nitrogens with zero attached hydrogens (tertiary/aromatic N) is 1. The average molecular weight is 298 g/mol. The maximum atomic E-state index is 11.4. The molecular weight excluding hydrogens is 282 g/mol. The summed E-state index contributed by atoms with van der Waals surface area (Å²) in [5.74, 6) is -0.0803. The summed E-state index contributed by atoms with van der Waals surface area (Å²) in [6.07, 6.45) is 1.77. The van der Waals surface area contributed by atoms with Crippen LogP contribution in [0.3, 0.4) is 0 Å². The van der Waals surface area contributed by atoms with E-state index in [0.29, 0.717) is 6.61 Å². The smallest absolute Gasteiger partial charge is 0.323 e. The van der Waals surface area contributed by atoms with E-state index in [1.165, 1.54) is 5.56 Å². The number of hydrogen-bond acceptors (Lipinski definition) is 3. The average Bonchev–Trinajstić information content (AvgIpc) is 2.74. The normalized spacial score (nSPS) is 19.7. The molecule has 1 fully saturated rings. The molecule has 1 heterocycles. The Balaban J connectivity index is 1.85. The van der Waals surface area contributed by atoms with Gasteiger partial charge in [0.1, 0.15) is 6.04 Å². The molecule has 1 aliphatic heterocycles. The standard InChI is InChI=1S/C13H16BrNO2/c1-15(12-7-9-17-13(12)16)8-6-10-2-4-11(14)5-3-10/h2-5,12H,6-9H2,1H3/t12-/m1/s1. The van der Waals surface area contributed by atoms with E-state index in [1.54, 1.807) is 0 Å². The number of cyclic esters (lactones) is 1. The molecule has 2 rings (SSSR count). The van der Waals surface area contributed by atoms with Gasteiger partial charge in [-0.05, 0) is 31.2 Å². The van der Waals surface area contributed by atoms with Crippen LogP contribution in [-0.2, 0) is 16.0 Å². The topological polar surface area (TPSA) is 29.5 Å². The third kappa shape index (κ3) is 3.30. The summed E-state index contributed by atoms with van der Waals surface area (Å²) >= 11 is 3.42. The monoisotopic (exact) mass is 297 g/mol. The predicted molar refractivity (Wildman–Crippen MR) is 69.8 cm³/mol. The SMILES string of the molecule is CN(CCc1ccc(Br)cc1)[C@@H]1CCOC1=O. The Morgan fingerprint density at radius 2 is 2.12 bits per heavy atom. The van der Waals surface area contributed by atoms with Gasteiger partial charge < -0.3 is 4.74 Å². The molecular formula is C13H16BrNO2. The second kappa shape index (κ2) is 5.65. The van der Waals surface area contributed by atoms with Crippen LogP contribution in [0.1, 0.15) is 12.0 Å². The van der Waals surface area contributed by atoms with Gasteiger partial charge in [-0.2, -0.15) is 0 Å². The van der Waals surface area contributed by atoms with Crippen molar-refractivity contribution in [3.63, 3.8) is 0 Å². The number of ether oxygens (including phenoxy) is 1. The highest BCUT2D eigenvalue weighted by Gasteiger charge is 2.29. The molecule has 17 heavy (non-hydrogen) atoms. The number of esters is 1. The fourth-order valence-electron chi connectivity index (χ4n) is 2.00. The summed E-state index contributed by atoms with van der Waals surface area (Å²) in [4.78, 5) is 13.5. The Hall–Kier alpha value is -0.870. The van der Waals surface area contributed by atoms with Crippen molar-refractivity contribution in [3.05, 3.63) is 34.3 Å². The summed E-state index contributed by atoms with van der Waals surface area (Å²) in [6, 6.07) is 8.24. The Kier molecular flexibility index (Phi) is 4.18. The highest BCUT2D eigenvalue weighted by atomic mass is 79.9. The van der Waals surface area contributed by atoms with Gasteiger partial charge in [0, 0.05) is 17.4 Å². The van der Waals surface area contributed by atoms with Gasteiger partial charge >= 0.3 is 5.97 Å². The maximum absolute atomic E-state index is 11.4. The number of carbonyl (C=O) groups is 1. The molecule has 1 saturated heterocycles. The predicted octanol–water partition coefficient (Wildman–Crippen LogP) is 2.24. The summed E-state index contributed by atoms with van der Waals surface area (Å²) in [5.41, 5.74) is 1.28. The Bertz CT molecular complexity index is 391. The van der Waals surface area contributed by atoms with Crippen LogP contribution in [-0.4, -0.2) is 37.1 Å². The van der Waals surface area contributed by atoms with Crippen molar-refractivity contribution in [2.24, 2.45) is 0 Å². The molecule has 1 aliphatic rings. The molecule has 0 amide bonds. The maximum Gasteiger partial charge on any atom is 0.323 e. The lowest BCUT2D eigenvalue weighted by Gasteiger charge is -2.20. The number of halogens is 1. The lowest BCUT2D eigenvalue weighted by molar-refractivity contribution is -0.141. The molecule has 1 aromatic rings. The van der Waals surface area contributed by atoms with E-state index in [9.17, 15) is 4.79 Å².